The van der Waals surface area contributed by atoms with E-state index in [1.165, 1.54) is 13.8 Å². The number of carboxylic acids is 1. The summed E-state index contributed by atoms with van der Waals surface area (Å²) in [6.45, 7) is 5.29. The standard InChI is InChI=1S/C20H25NO4.K/c1-15-17(21-18(25-15)16-11-7-6-8-12-16)13-9-4-5-10-14-24-20(2,3)19(22)23;/h4,6-9,11-12H,5,10,13-14H2,1-3H3,(H,22,23);/q;+1/p-1. The number of hydrogen-bond donors (Lipinski definition) is 0. The van der Waals surface area contributed by atoms with Crippen molar-refractivity contribution in [1.29, 1.82) is 0 Å². The second kappa shape index (κ2) is 11.2. The van der Waals surface area contributed by atoms with Crippen LogP contribution in [0.25, 0.3) is 11.5 Å². The van der Waals surface area contributed by atoms with Crippen LogP contribution in [-0.4, -0.2) is 23.2 Å². The number of ether oxygens (including phenoxy) is 1. The summed E-state index contributed by atoms with van der Waals surface area (Å²) in [5.74, 6) is 0.265. The van der Waals surface area contributed by atoms with E-state index in [0.717, 1.165) is 29.9 Å². The first kappa shape index (κ1) is 23.3. The van der Waals surface area contributed by atoms with Crippen molar-refractivity contribution in [1.82, 2.24) is 4.98 Å². The molecule has 26 heavy (non-hydrogen) atoms. The number of nitrogens with zero attached hydrogens (tertiary/aromatic N) is 1. The molecule has 0 fully saturated rings. The van der Waals surface area contributed by atoms with Crippen molar-refractivity contribution in [2.24, 2.45) is 0 Å². The fourth-order valence-electron chi connectivity index (χ4n) is 2.22. The summed E-state index contributed by atoms with van der Waals surface area (Å²) in [5, 5.41) is 10.8. The average Bonchev–Trinajstić information content (AvgIpc) is 2.95. The number of allylic oxidation sites excluding steroid dienone is 2. The Hall–Kier alpha value is -0.764. The molecule has 2 rings (SSSR count). The van der Waals surface area contributed by atoms with Crippen molar-refractivity contribution in [3.8, 4) is 11.5 Å². The fraction of sp³-hybridized carbons (Fsp3) is 0.400. The molecule has 0 atom stereocenters. The normalized spacial score (nSPS) is 11.5. The molecule has 5 nitrogen and oxygen atoms in total. The second-order valence-corrected chi connectivity index (χ2v) is 6.35. The van der Waals surface area contributed by atoms with Gasteiger partial charge in [0.2, 0.25) is 5.89 Å². The molecular formula is C20H24KNO4. The zero-order valence-corrected chi connectivity index (χ0v) is 19.1. The first-order valence-electron chi connectivity index (χ1n) is 8.42. The molecule has 6 heteroatoms. The van der Waals surface area contributed by atoms with Crippen LogP contribution >= 0.6 is 0 Å². The predicted molar refractivity (Wildman–Crippen MR) is 93.8 cm³/mol. The number of aliphatic carboxylic acids is 1. The van der Waals surface area contributed by atoms with Crippen LogP contribution in [0.4, 0.5) is 0 Å². The molecule has 0 saturated carbocycles. The van der Waals surface area contributed by atoms with Gasteiger partial charge in [-0.2, -0.15) is 0 Å². The Kier molecular flexibility index (Phi) is 9.99. The van der Waals surface area contributed by atoms with Crippen LogP contribution in [0.3, 0.4) is 0 Å². The maximum Gasteiger partial charge on any atom is 1.00 e. The molecule has 134 valence electrons. The van der Waals surface area contributed by atoms with Gasteiger partial charge in [-0.15, -0.1) is 0 Å². The number of benzene rings is 1. The van der Waals surface area contributed by atoms with Gasteiger partial charge in [0.1, 0.15) is 11.4 Å². The van der Waals surface area contributed by atoms with E-state index in [-0.39, 0.29) is 51.4 Å². The van der Waals surface area contributed by atoms with Crippen molar-refractivity contribution in [3.63, 3.8) is 0 Å². The summed E-state index contributed by atoms with van der Waals surface area (Å²) in [6, 6.07) is 9.81. The van der Waals surface area contributed by atoms with Gasteiger partial charge >= 0.3 is 51.4 Å². The van der Waals surface area contributed by atoms with Crippen LogP contribution < -0.4 is 56.5 Å². The number of carbonyl (C=O) groups excluding carboxylic acids is 1. The molecule has 1 aromatic carbocycles. The number of carbonyl (C=O) groups is 1. The minimum absolute atomic E-state index is 0. The fourth-order valence-corrected chi connectivity index (χ4v) is 2.22. The number of unbranched alkanes of at least 4 members (excludes halogenated alkanes) is 1. The number of rotatable bonds is 9. The van der Waals surface area contributed by atoms with Crippen molar-refractivity contribution >= 4 is 5.97 Å². The van der Waals surface area contributed by atoms with Gasteiger partial charge in [0.15, 0.2) is 0 Å². The Labute approximate surface area is 197 Å². The Balaban J connectivity index is 0.00000338. The van der Waals surface area contributed by atoms with Crippen LogP contribution in [0.1, 0.15) is 38.1 Å². The monoisotopic (exact) mass is 381 g/mol. The molecule has 0 saturated heterocycles. The largest absolute Gasteiger partial charge is 1.00 e. The van der Waals surface area contributed by atoms with Crippen LogP contribution in [0.2, 0.25) is 0 Å². The summed E-state index contributed by atoms with van der Waals surface area (Å²) < 4.78 is 11.0. The van der Waals surface area contributed by atoms with E-state index >= 15 is 0 Å². The Morgan fingerprint density at radius 2 is 1.96 bits per heavy atom. The summed E-state index contributed by atoms with van der Waals surface area (Å²) in [6.07, 6.45) is 6.36. The molecule has 0 aliphatic carbocycles. The SMILES string of the molecule is Cc1oc(-c2ccccc2)nc1CC=CCCCOC(C)(C)C(=O)[O-].[K+]. The number of aromatic nitrogens is 1. The van der Waals surface area contributed by atoms with Gasteiger partial charge in [-0.3, -0.25) is 0 Å². The van der Waals surface area contributed by atoms with E-state index in [1.54, 1.807) is 0 Å². The van der Waals surface area contributed by atoms with Gasteiger partial charge in [-0.25, -0.2) is 4.98 Å². The van der Waals surface area contributed by atoms with Gasteiger partial charge in [0.05, 0.1) is 11.7 Å². The molecule has 1 aromatic heterocycles. The summed E-state index contributed by atoms with van der Waals surface area (Å²) in [7, 11) is 0. The van der Waals surface area contributed by atoms with Gasteiger partial charge in [-0.1, -0.05) is 30.4 Å². The molecule has 0 N–H and O–H groups in total. The smallest absolute Gasteiger partial charge is 0.547 e. The third-order valence-electron chi connectivity index (χ3n) is 3.86. The zero-order chi connectivity index (χ0) is 18.3. The number of carboxylic acid groups (broad SMARTS) is 1. The van der Waals surface area contributed by atoms with Crippen LogP contribution in [0.15, 0.2) is 46.9 Å². The third-order valence-corrected chi connectivity index (χ3v) is 3.86. The van der Waals surface area contributed by atoms with Crippen LogP contribution in [0, 0.1) is 6.92 Å². The van der Waals surface area contributed by atoms with Crippen LogP contribution in [-0.2, 0) is 16.0 Å². The summed E-state index contributed by atoms with van der Waals surface area (Å²) in [4.78, 5) is 15.4. The Bertz CT molecular complexity index is 723. The van der Waals surface area contributed by atoms with E-state index in [0.29, 0.717) is 18.9 Å². The van der Waals surface area contributed by atoms with Gasteiger partial charge in [-0.05, 0) is 45.7 Å². The van der Waals surface area contributed by atoms with Crippen molar-refractivity contribution in [3.05, 3.63) is 53.9 Å². The van der Waals surface area contributed by atoms with Crippen molar-refractivity contribution in [2.75, 3.05) is 6.61 Å². The summed E-state index contributed by atoms with van der Waals surface area (Å²) in [5.41, 5.74) is 0.646. The molecule has 0 spiro atoms. The van der Waals surface area contributed by atoms with Gasteiger partial charge in [0.25, 0.3) is 0 Å². The number of aryl methyl sites for hydroxylation is 1. The van der Waals surface area contributed by atoms with Crippen LogP contribution in [0.5, 0.6) is 0 Å². The molecule has 0 amide bonds. The second-order valence-electron chi connectivity index (χ2n) is 6.35. The van der Waals surface area contributed by atoms with E-state index in [4.69, 9.17) is 9.15 Å². The van der Waals surface area contributed by atoms with Crippen molar-refractivity contribution in [2.45, 2.75) is 45.6 Å². The molecular weight excluding hydrogens is 357 g/mol. The van der Waals surface area contributed by atoms with Gasteiger partial charge in [0, 0.05) is 18.6 Å². The predicted octanol–water partition coefficient (Wildman–Crippen LogP) is 0.0780. The zero-order valence-electron chi connectivity index (χ0n) is 16.0. The molecule has 0 radical (unpaired) electrons. The maximum absolute atomic E-state index is 10.8. The first-order chi connectivity index (χ1) is 11.9. The molecule has 0 aliphatic heterocycles. The average molecular weight is 382 g/mol. The molecule has 0 bridgehead atoms. The molecule has 0 aliphatic rings. The van der Waals surface area contributed by atoms with Crippen molar-refractivity contribution < 1.29 is 70.4 Å². The Morgan fingerprint density at radius 1 is 1.27 bits per heavy atom. The van der Waals surface area contributed by atoms with E-state index in [2.05, 4.69) is 4.98 Å². The molecule has 2 aromatic rings. The third kappa shape index (κ3) is 7.10. The quantitative estimate of drug-likeness (QED) is 0.349. The minimum Gasteiger partial charge on any atom is -0.547 e. The molecule has 1 heterocycles. The maximum atomic E-state index is 10.8. The van der Waals surface area contributed by atoms with E-state index < -0.39 is 11.6 Å². The molecule has 0 unspecified atom stereocenters. The number of hydrogen-bond acceptors (Lipinski definition) is 5. The van der Waals surface area contributed by atoms with E-state index in [1.807, 2.05) is 49.4 Å². The topological polar surface area (TPSA) is 75.4 Å². The van der Waals surface area contributed by atoms with Gasteiger partial charge < -0.3 is 19.1 Å². The number of oxazole rings is 1. The minimum atomic E-state index is -1.24. The Morgan fingerprint density at radius 3 is 2.62 bits per heavy atom. The summed E-state index contributed by atoms with van der Waals surface area (Å²) >= 11 is 0. The first-order valence-corrected chi connectivity index (χ1v) is 8.42. The van der Waals surface area contributed by atoms with E-state index in [9.17, 15) is 9.90 Å².